The SMILES string of the molecule is CCCCC/C=C\C/C=C\C/C=C/CC=C1CC1.CCO. The van der Waals surface area contributed by atoms with E-state index in [4.69, 9.17) is 5.11 Å². The first kappa shape index (κ1) is 19.9. The summed E-state index contributed by atoms with van der Waals surface area (Å²) in [4.78, 5) is 0. The molecule has 0 amide bonds. The van der Waals surface area contributed by atoms with Crippen molar-refractivity contribution in [2.24, 2.45) is 0 Å². The summed E-state index contributed by atoms with van der Waals surface area (Å²) < 4.78 is 0. The van der Waals surface area contributed by atoms with Gasteiger partial charge in [-0.3, -0.25) is 0 Å². The highest BCUT2D eigenvalue weighted by Gasteiger charge is 2.08. The van der Waals surface area contributed by atoms with Gasteiger partial charge >= 0.3 is 0 Å². The Kier molecular flexibility index (Phi) is 16.1. The molecule has 120 valence electrons. The lowest BCUT2D eigenvalue weighted by Crippen LogP contribution is -1.70. The van der Waals surface area contributed by atoms with Gasteiger partial charge in [-0.05, 0) is 51.9 Å². The fraction of sp³-hybridized carbons (Fsp3) is 0.600. The Bertz CT molecular complexity index is 315. The van der Waals surface area contributed by atoms with Gasteiger partial charge in [-0.2, -0.15) is 0 Å². The molecule has 1 heteroatoms. The number of hydrogen-bond acceptors (Lipinski definition) is 1. The van der Waals surface area contributed by atoms with Gasteiger partial charge in [-0.1, -0.05) is 67.9 Å². The van der Waals surface area contributed by atoms with E-state index < -0.39 is 0 Å². The number of unbranched alkanes of at least 4 members (excludes halogenated alkanes) is 3. The van der Waals surface area contributed by atoms with Crippen molar-refractivity contribution in [1.82, 2.24) is 0 Å². The van der Waals surface area contributed by atoms with Crippen molar-refractivity contribution in [2.45, 2.75) is 71.6 Å². The predicted octanol–water partition coefficient (Wildman–Crippen LogP) is 6.12. The highest BCUT2D eigenvalue weighted by molar-refractivity contribution is 5.17. The summed E-state index contributed by atoms with van der Waals surface area (Å²) in [6.45, 7) is 4.18. The van der Waals surface area contributed by atoms with E-state index in [2.05, 4.69) is 49.5 Å². The summed E-state index contributed by atoms with van der Waals surface area (Å²) in [6.07, 6.45) is 27.3. The third-order valence-corrected chi connectivity index (χ3v) is 3.10. The van der Waals surface area contributed by atoms with Crippen LogP contribution in [0, 0.1) is 0 Å². The summed E-state index contributed by atoms with van der Waals surface area (Å²) in [5.41, 5.74) is 1.64. The maximum atomic E-state index is 7.57. The molecule has 1 fully saturated rings. The number of allylic oxidation sites excluding steroid dienone is 8. The molecule has 0 unspecified atom stereocenters. The van der Waals surface area contributed by atoms with Crippen LogP contribution in [0.2, 0.25) is 0 Å². The van der Waals surface area contributed by atoms with E-state index in [-0.39, 0.29) is 6.61 Å². The van der Waals surface area contributed by atoms with Crippen molar-refractivity contribution < 1.29 is 5.11 Å². The van der Waals surface area contributed by atoms with Gasteiger partial charge in [0.15, 0.2) is 0 Å². The molecule has 1 saturated carbocycles. The van der Waals surface area contributed by atoms with Gasteiger partial charge in [0, 0.05) is 6.61 Å². The quantitative estimate of drug-likeness (QED) is 0.379. The lowest BCUT2D eigenvalue weighted by atomic mass is 10.2. The number of aliphatic hydroxyl groups is 1. The molecule has 1 aliphatic rings. The van der Waals surface area contributed by atoms with Crippen LogP contribution < -0.4 is 0 Å². The molecule has 0 saturated heterocycles. The average molecular weight is 290 g/mol. The fourth-order valence-electron chi connectivity index (χ4n) is 1.78. The van der Waals surface area contributed by atoms with E-state index in [1.807, 2.05) is 0 Å². The van der Waals surface area contributed by atoms with Crippen LogP contribution >= 0.6 is 0 Å². The Balaban J connectivity index is 0.00000122. The Morgan fingerprint density at radius 3 is 1.86 bits per heavy atom. The number of rotatable bonds is 10. The zero-order valence-electron chi connectivity index (χ0n) is 14.1. The summed E-state index contributed by atoms with van der Waals surface area (Å²) in [5, 5.41) is 7.57. The molecule has 1 aliphatic carbocycles. The fourth-order valence-corrected chi connectivity index (χ4v) is 1.78. The lowest BCUT2D eigenvalue weighted by molar-refractivity contribution is 0.318. The van der Waals surface area contributed by atoms with E-state index >= 15 is 0 Å². The first-order chi connectivity index (χ1) is 10.3. The van der Waals surface area contributed by atoms with Gasteiger partial charge < -0.3 is 5.11 Å². The largest absolute Gasteiger partial charge is 0.397 e. The number of hydrogen-bond donors (Lipinski definition) is 1. The first-order valence-corrected chi connectivity index (χ1v) is 8.58. The third-order valence-electron chi connectivity index (χ3n) is 3.10. The van der Waals surface area contributed by atoms with Gasteiger partial charge in [0.1, 0.15) is 0 Å². The third kappa shape index (κ3) is 18.9. The van der Waals surface area contributed by atoms with Gasteiger partial charge in [0.05, 0.1) is 0 Å². The smallest absolute Gasteiger partial charge is 0.0402 e. The van der Waals surface area contributed by atoms with Crippen LogP contribution in [0.5, 0.6) is 0 Å². The molecule has 1 N–H and O–H groups in total. The second-order valence-electron chi connectivity index (χ2n) is 5.30. The summed E-state index contributed by atoms with van der Waals surface area (Å²) in [7, 11) is 0. The Hall–Kier alpha value is -1.08. The lowest BCUT2D eigenvalue weighted by Gasteiger charge is -1.90. The zero-order chi connectivity index (χ0) is 15.6. The van der Waals surface area contributed by atoms with E-state index in [1.54, 1.807) is 12.5 Å². The van der Waals surface area contributed by atoms with Crippen LogP contribution in [-0.2, 0) is 0 Å². The molecule has 0 bridgehead atoms. The monoisotopic (exact) mass is 290 g/mol. The minimum absolute atomic E-state index is 0.250. The summed E-state index contributed by atoms with van der Waals surface area (Å²) in [6, 6.07) is 0. The molecular weight excluding hydrogens is 256 g/mol. The molecule has 0 aromatic carbocycles. The van der Waals surface area contributed by atoms with Crippen molar-refractivity contribution in [3.05, 3.63) is 48.1 Å². The van der Waals surface area contributed by atoms with Crippen molar-refractivity contribution in [3.8, 4) is 0 Å². The molecule has 0 radical (unpaired) electrons. The standard InChI is InChI=1S/C18H28.C2H6O/c1-2-3-4-5-6-7-8-9-10-11-12-13-14-15-18-16-17-18;1-2-3/h6-7,9-10,12-13,15H,2-5,8,11,14,16-17H2,1H3;3H,2H2,1H3/b7-6-,10-9-,13-12+;. The maximum Gasteiger partial charge on any atom is 0.0402 e. The highest BCUT2D eigenvalue weighted by atomic mass is 16.2. The Morgan fingerprint density at radius 2 is 1.33 bits per heavy atom. The summed E-state index contributed by atoms with van der Waals surface area (Å²) >= 11 is 0. The normalized spacial score (nSPS) is 14.0. The minimum Gasteiger partial charge on any atom is -0.397 e. The molecule has 1 nitrogen and oxygen atoms in total. The van der Waals surface area contributed by atoms with Crippen LogP contribution in [-0.4, -0.2) is 11.7 Å². The molecule has 1 rings (SSSR count). The zero-order valence-corrected chi connectivity index (χ0v) is 14.1. The van der Waals surface area contributed by atoms with Crippen molar-refractivity contribution in [2.75, 3.05) is 6.61 Å². The van der Waals surface area contributed by atoms with Crippen LogP contribution in [0.1, 0.15) is 71.6 Å². The minimum atomic E-state index is 0.250. The van der Waals surface area contributed by atoms with Gasteiger partial charge in [0.25, 0.3) is 0 Å². The van der Waals surface area contributed by atoms with Gasteiger partial charge in [-0.25, -0.2) is 0 Å². The van der Waals surface area contributed by atoms with Crippen molar-refractivity contribution >= 4 is 0 Å². The Morgan fingerprint density at radius 1 is 0.810 bits per heavy atom. The summed E-state index contributed by atoms with van der Waals surface area (Å²) in [5.74, 6) is 0. The van der Waals surface area contributed by atoms with Crippen LogP contribution in [0.15, 0.2) is 48.1 Å². The van der Waals surface area contributed by atoms with Crippen molar-refractivity contribution in [3.63, 3.8) is 0 Å². The second kappa shape index (κ2) is 17.0. The number of aliphatic hydroxyl groups excluding tert-OH is 1. The van der Waals surface area contributed by atoms with E-state index in [9.17, 15) is 0 Å². The highest BCUT2D eigenvalue weighted by Crippen LogP contribution is 2.27. The second-order valence-corrected chi connectivity index (χ2v) is 5.30. The molecule has 0 aromatic rings. The van der Waals surface area contributed by atoms with Gasteiger partial charge in [-0.15, -0.1) is 0 Å². The Labute approximate surface area is 132 Å². The molecule has 0 spiro atoms. The van der Waals surface area contributed by atoms with Crippen LogP contribution in [0.4, 0.5) is 0 Å². The predicted molar refractivity (Wildman–Crippen MR) is 95.5 cm³/mol. The van der Waals surface area contributed by atoms with E-state index in [1.165, 1.54) is 38.5 Å². The topological polar surface area (TPSA) is 20.2 Å². The average Bonchev–Trinajstić information content (AvgIpc) is 3.29. The van der Waals surface area contributed by atoms with E-state index in [0.29, 0.717) is 0 Å². The molecule has 0 heterocycles. The molecule has 0 aromatic heterocycles. The van der Waals surface area contributed by atoms with Crippen LogP contribution in [0.3, 0.4) is 0 Å². The van der Waals surface area contributed by atoms with Gasteiger partial charge in [0.2, 0.25) is 0 Å². The molecule has 0 aliphatic heterocycles. The van der Waals surface area contributed by atoms with Crippen molar-refractivity contribution in [1.29, 1.82) is 0 Å². The van der Waals surface area contributed by atoms with E-state index in [0.717, 1.165) is 19.3 Å². The molecule has 0 atom stereocenters. The van der Waals surface area contributed by atoms with Crippen LogP contribution in [0.25, 0.3) is 0 Å². The first-order valence-electron chi connectivity index (χ1n) is 8.58. The molecule has 21 heavy (non-hydrogen) atoms. The molecular formula is C20H34O. The maximum absolute atomic E-state index is 7.57.